The predicted octanol–water partition coefficient (Wildman–Crippen LogP) is 2.30. The van der Waals surface area contributed by atoms with Gasteiger partial charge in [-0.05, 0) is 50.4 Å². The third kappa shape index (κ3) is 2.00. The maximum absolute atomic E-state index is 6.35. The Labute approximate surface area is 107 Å². The summed E-state index contributed by atoms with van der Waals surface area (Å²) in [4.78, 5) is 0. The van der Waals surface area contributed by atoms with Gasteiger partial charge in [0.15, 0.2) is 0 Å². The summed E-state index contributed by atoms with van der Waals surface area (Å²) in [5, 5.41) is 5.09. The Balaban J connectivity index is 1.69. The maximum Gasteiger partial charge on any atom is 0.130 e. The second-order valence-corrected chi connectivity index (χ2v) is 6.19. The van der Waals surface area contributed by atoms with Crippen molar-refractivity contribution in [2.75, 3.05) is 0 Å². The molecule has 2 saturated carbocycles. The van der Waals surface area contributed by atoms with Crippen molar-refractivity contribution < 1.29 is 0 Å². The van der Waals surface area contributed by atoms with E-state index in [-0.39, 0.29) is 6.04 Å². The Kier molecular flexibility index (Phi) is 2.71. The number of hydrogen-bond acceptors (Lipinski definition) is 2. The highest BCUT2D eigenvalue weighted by Gasteiger charge is 2.47. The van der Waals surface area contributed by atoms with Gasteiger partial charge in [0, 0.05) is 18.7 Å². The van der Waals surface area contributed by atoms with E-state index in [1.807, 2.05) is 14.0 Å². The van der Waals surface area contributed by atoms with Crippen LogP contribution >= 0.6 is 11.6 Å². The smallest absolute Gasteiger partial charge is 0.130 e. The van der Waals surface area contributed by atoms with Crippen molar-refractivity contribution >= 4 is 11.6 Å². The minimum absolute atomic E-state index is 0.253. The zero-order chi connectivity index (χ0) is 12.2. The van der Waals surface area contributed by atoms with Crippen molar-refractivity contribution in [1.29, 1.82) is 0 Å². The largest absolute Gasteiger partial charge is 0.327 e. The van der Waals surface area contributed by atoms with Gasteiger partial charge in [-0.3, -0.25) is 4.68 Å². The van der Waals surface area contributed by atoms with Crippen LogP contribution in [0.3, 0.4) is 0 Å². The molecule has 3 unspecified atom stereocenters. The van der Waals surface area contributed by atoms with E-state index in [1.165, 1.54) is 19.3 Å². The molecule has 0 aromatic carbocycles. The van der Waals surface area contributed by atoms with E-state index in [2.05, 4.69) is 5.10 Å². The number of hydrogen-bond donors (Lipinski definition) is 1. The number of aromatic nitrogens is 2. The third-order valence-corrected chi connectivity index (χ3v) is 5.07. The number of halogens is 1. The second-order valence-electron chi connectivity index (χ2n) is 5.83. The fourth-order valence-electron chi connectivity index (χ4n) is 3.42. The number of rotatable bonds is 3. The predicted molar refractivity (Wildman–Crippen MR) is 69.0 cm³/mol. The molecule has 94 valence electrons. The lowest BCUT2D eigenvalue weighted by molar-refractivity contribution is 0.392. The molecule has 17 heavy (non-hydrogen) atoms. The van der Waals surface area contributed by atoms with Crippen molar-refractivity contribution in [3.05, 3.63) is 16.4 Å². The number of nitrogens with zero attached hydrogens (tertiary/aromatic N) is 2. The first kappa shape index (κ1) is 11.5. The van der Waals surface area contributed by atoms with Gasteiger partial charge in [0.25, 0.3) is 0 Å². The van der Waals surface area contributed by atoms with Crippen molar-refractivity contribution in [1.82, 2.24) is 9.78 Å². The lowest BCUT2D eigenvalue weighted by atomic mass is 9.90. The van der Waals surface area contributed by atoms with E-state index in [1.54, 1.807) is 4.68 Å². The van der Waals surface area contributed by atoms with E-state index in [9.17, 15) is 0 Å². The molecule has 3 atom stereocenters. The van der Waals surface area contributed by atoms with Gasteiger partial charge in [-0.25, -0.2) is 0 Å². The van der Waals surface area contributed by atoms with Gasteiger partial charge < -0.3 is 5.73 Å². The SMILES string of the molecule is Cc1nn(C)c(Cl)c1CC(N)C1CC2CC2C1. The van der Waals surface area contributed by atoms with Crippen LogP contribution in [0.4, 0.5) is 0 Å². The van der Waals surface area contributed by atoms with Crippen LogP contribution in [-0.2, 0) is 13.5 Å². The Morgan fingerprint density at radius 2 is 2.06 bits per heavy atom. The normalized spacial score (nSPS) is 32.6. The summed E-state index contributed by atoms with van der Waals surface area (Å²) in [5.41, 5.74) is 8.51. The van der Waals surface area contributed by atoms with Crippen LogP contribution in [0.2, 0.25) is 5.15 Å². The van der Waals surface area contributed by atoms with Crippen molar-refractivity contribution in [3.63, 3.8) is 0 Å². The first-order chi connectivity index (χ1) is 8.06. The summed E-state index contributed by atoms with van der Waals surface area (Å²) in [6.45, 7) is 2.01. The summed E-state index contributed by atoms with van der Waals surface area (Å²) in [6, 6.07) is 0.253. The zero-order valence-electron chi connectivity index (χ0n) is 10.5. The van der Waals surface area contributed by atoms with Crippen molar-refractivity contribution in [2.24, 2.45) is 30.5 Å². The molecule has 2 fully saturated rings. The molecule has 0 bridgehead atoms. The molecule has 1 aromatic heterocycles. The highest BCUT2D eigenvalue weighted by atomic mass is 35.5. The minimum Gasteiger partial charge on any atom is -0.327 e. The first-order valence-corrected chi connectivity index (χ1v) is 6.87. The Morgan fingerprint density at radius 1 is 1.41 bits per heavy atom. The summed E-state index contributed by atoms with van der Waals surface area (Å²) >= 11 is 6.25. The van der Waals surface area contributed by atoms with E-state index < -0.39 is 0 Å². The van der Waals surface area contributed by atoms with Gasteiger partial charge in [0.05, 0.1) is 5.69 Å². The highest BCUT2D eigenvalue weighted by Crippen LogP contribution is 2.55. The summed E-state index contributed by atoms with van der Waals surface area (Å²) in [7, 11) is 1.88. The van der Waals surface area contributed by atoms with Gasteiger partial charge in [0.1, 0.15) is 5.15 Å². The van der Waals surface area contributed by atoms with Crippen LogP contribution in [0.1, 0.15) is 30.5 Å². The number of fused-ring (bicyclic) bond motifs is 1. The molecule has 1 heterocycles. The van der Waals surface area contributed by atoms with E-state index in [0.29, 0.717) is 5.92 Å². The average Bonchev–Trinajstić information content (AvgIpc) is 2.83. The second kappa shape index (κ2) is 3.99. The van der Waals surface area contributed by atoms with Crippen molar-refractivity contribution in [2.45, 2.75) is 38.6 Å². The van der Waals surface area contributed by atoms with E-state index >= 15 is 0 Å². The molecule has 2 N–H and O–H groups in total. The molecule has 0 saturated heterocycles. The molecular weight excluding hydrogens is 234 g/mol. The fourth-order valence-corrected chi connectivity index (χ4v) is 3.67. The van der Waals surface area contributed by atoms with E-state index in [4.69, 9.17) is 17.3 Å². The van der Waals surface area contributed by atoms with Crippen molar-refractivity contribution in [3.8, 4) is 0 Å². The van der Waals surface area contributed by atoms with Crippen LogP contribution in [0.25, 0.3) is 0 Å². The Hall–Kier alpha value is -0.540. The summed E-state index contributed by atoms with van der Waals surface area (Å²) < 4.78 is 1.74. The maximum atomic E-state index is 6.35. The van der Waals surface area contributed by atoms with Crippen LogP contribution in [0.15, 0.2) is 0 Å². The quantitative estimate of drug-likeness (QED) is 0.898. The molecule has 3 rings (SSSR count). The molecule has 3 nitrogen and oxygen atoms in total. The lowest BCUT2D eigenvalue weighted by Gasteiger charge is -2.20. The van der Waals surface area contributed by atoms with Gasteiger partial charge in [0.2, 0.25) is 0 Å². The van der Waals surface area contributed by atoms with Crippen LogP contribution in [0, 0.1) is 24.7 Å². The molecule has 0 spiro atoms. The molecule has 4 heteroatoms. The number of nitrogens with two attached hydrogens (primary N) is 1. The summed E-state index contributed by atoms with van der Waals surface area (Å²) in [5.74, 6) is 2.70. The van der Waals surface area contributed by atoms with Gasteiger partial charge in [-0.15, -0.1) is 0 Å². The molecule has 0 amide bonds. The van der Waals surface area contributed by atoms with Crippen LogP contribution in [-0.4, -0.2) is 15.8 Å². The molecule has 2 aliphatic carbocycles. The highest BCUT2D eigenvalue weighted by molar-refractivity contribution is 6.30. The lowest BCUT2D eigenvalue weighted by Crippen LogP contribution is -2.31. The molecule has 0 aliphatic heterocycles. The molecular formula is C13H20ClN3. The van der Waals surface area contributed by atoms with Gasteiger partial charge >= 0.3 is 0 Å². The number of aryl methyl sites for hydroxylation is 2. The first-order valence-electron chi connectivity index (χ1n) is 6.49. The van der Waals surface area contributed by atoms with Gasteiger partial charge in [-0.2, -0.15) is 5.10 Å². The summed E-state index contributed by atoms with van der Waals surface area (Å²) in [6.07, 6.45) is 5.00. The molecule has 1 aromatic rings. The minimum atomic E-state index is 0.253. The Bertz CT molecular complexity index is 430. The molecule has 2 aliphatic rings. The Morgan fingerprint density at radius 3 is 2.59 bits per heavy atom. The van der Waals surface area contributed by atoms with Crippen LogP contribution < -0.4 is 5.73 Å². The topological polar surface area (TPSA) is 43.8 Å². The van der Waals surface area contributed by atoms with Crippen LogP contribution in [0.5, 0.6) is 0 Å². The monoisotopic (exact) mass is 253 g/mol. The zero-order valence-corrected chi connectivity index (χ0v) is 11.2. The molecule has 0 radical (unpaired) electrons. The van der Waals surface area contributed by atoms with E-state index in [0.717, 1.165) is 34.7 Å². The van der Waals surface area contributed by atoms with Gasteiger partial charge in [-0.1, -0.05) is 11.6 Å². The third-order valence-electron chi connectivity index (χ3n) is 4.60. The fraction of sp³-hybridized carbons (Fsp3) is 0.769. The standard InChI is InChI=1S/C13H20ClN3/c1-7-11(13(14)17(2)16-7)6-12(15)10-4-8-3-9(8)5-10/h8-10,12H,3-6,15H2,1-2H3. The average molecular weight is 254 g/mol.